The van der Waals surface area contributed by atoms with Crippen LogP contribution in [0.5, 0.6) is 5.75 Å². The number of hydrogen-bond donors (Lipinski definition) is 1. The number of amides is 1. The van der Waals surface area contributed by atoms with Crippen molar-refractivity contribution in [2.45, 2.75) is 17.9 Å². The predicted molar refractivity (Wildman–Crippen MR) is 137 cm³/mol. The van der Waals surface area contributed by atoms with E-state index in [2.05, 4.69) is 20.3 Å². The molecule has 0 radical (unpaired) electrons. The van der Waals surface area contributed by atoms with E-state index < -0.39 is 22.1 Å². The molecule has 10 nitrogen and oxygen atoms in total. The Morgan fingerprint density at radius 2 is 1.83 bits per heavy atom. The van der Waals surface area contributed by atoms with Crippen molar-refractivity contribution >= 4 is 54.7 Å². The zero-order chi connectivity index (χ0) is 25.4. The molecule has 1 aliphatic heterocycles. The second-order valence-electron chi connectivity index (χ2n) is 7.86. The van der Waals surface area contributed by atoms with Gasteiger partial charge in [0.2, 0.25) is 5.13 Å². The molecular weight excluding hydrogens is 502 g/mol. The summed E-state index contributed by atoms with van der Waals surface area (Å²) in [6, 6.07) is 16.1. The number of hydrazone groups is 1. The van der Waals surface area contributed by atoms with Crippen molar-refractivity contribution in [2.24, 2.45) is 15.3 Å². The third kappa shape index (κ3) is 4.37. The van der Waals surface area contributed by atoms with Crippen LogP contribution in [-0.4, -0.2) is 42.7 Å². The van der Waals surface area contributed by atoms with E-state index in [4.69, 9.17) is 4.74 Å². The summed E-state index contributed by atoms with van der Waals surface area (Å²) in [5, 5.41) is 16.7. The Bertz CT molecular complexity index is 1650. The second-order valence-corrected chi connectivity index (χ2v) is 10.1. The Morgan fingerprint density at radius 1 is 1.08 bits per heavy atom. The molecule has 0 spiro atoms. The summed E-state index contributed by atoms with van der Waals surface area (Å²) in [6.45, 7) is 1.63. The first-order valence-corrected chi connectivity index (χ1v) is 13.0. The summed E-state index contributed by atoms with van der Waals surface area (Å²) < 4.78 is 39.3. The number of nitrogens with zero attached hydrogens (tertiary/aromatic N) is 5. The Morgan fingerprint density at radius 3 is 2.56 bits per heavy atom. The Labute approximate surface area is 210 Å². The van der Waals surface area contributed by atoms with E-state index in [-0.39, 0.29) is 10.6 Å². The fraction of sp³-hybridized carbons (Fsp3) is 0.125. The molecule has 1 aliphatic rings. The van der Waals surface area contributed by atoms with E-state index >= 15 is 0 Å². The van der Waals surface area contributed by atoms with Gasteiger partial charge in [0.05, 0.1) is 18.5 Å². The zero-order valence-electron chi connectivity index (χ0n) is 19.1. The fourth-order valence-corrected chi connectivity index (χ4v) is 5.41. The van der Waals surface area contributed by atoms with Crippen LogP contribution in [0.15, 0.2) is 86.3 Å². The van der Waals surface area contributed by atoms with Crippen LogP contribution < -0.4 is 9.75 Å². The van der Waals surface area contributed by atoms with Crippen molar-refractivity contribution in [3.8, 4) is 17.0 Å². The number of carbonyl (C=O) groups is 1. The SMILES string of the molecule is COc1ccc(-c2csc(N3N=C(C)[C@@H](N=Nc4ccc5ccccc5c4S(=O)(=O)O)C3=O)n2)cc1. The topological polar surface area (TPSA) is 134 Å². The van der Waals surface area contributed by atoms with E-state index in [0.29, 0.717) is 27.3 Å². The van der Waals surface area contributed by atoms with Gasteiger partial charge in [-0.05, 0) is 42.6 Å². The number of thiazole rings is 1. The lowest BCUT2D eigenvalue weighted by atomic mass is 10.1. The molecule has 0 unspecified atom stereocenters. The molecule has 5 rings (SSSR count). The number of anilines is 1. The van der Waals surface area contributed by atoms with Crippen LogP contribution in [0.4, 0.5) is 10.8 Å². The number of hydrogen-bond acceptors (Lipinski definition) is 9. The minimum atomic E-state index is -4.61. The quantitative estimate of drug-likeness (QED) is 0.277. The molecule has 12 heteroatoms. The van der Waals surface area contributed by atoms with Crippen molar-refractivity contribution < 1.29 is 22.5 Å². The van der Waals surface area contributed by atoms with Crippen molar-refractivity contribution in [2.75, 3.05) is 12.1 Å². The molecule has 0 bridgehead atoms. The molecule has 1 amide bonds. The summed E-state index contributed by atoms with van der Waals surface area (Å²) in [5.74, 6) is 0.252. The number of carbonyl (C=O) groups excluding carboxylic acids is 1. The monoisotopic (exact) mass is 521 g/mol. The molecule has 2 heterocycles. The van der Waals surface area contributed by atoms with Crippen LogP contribution in [-0.2, 0) is 14.9 Å². The Kier molecular flexibility index (Phi) is 6.08. The number of azo groups is 1. The summed E-state index contributed by atoms with van der Waals surface area (Å²) in [4.78, 5) is 17.3. The molecule has 1 aromatic heterocycles. The Balaban J connectivity index is 1.42. The van der Waals surface area contributed by atoms with Gasteiger partial charge >= 0.3 is 0 Å². The summed E-state index contributed by atoms with van der Waals surface area (Å²) in [7, 11) is -3.02. The first-order valence-electron chi connectivity index (χ1n) is 10.7. The van der Waals surface area contributed by atoms with Gasteiger partial charge in [-0.15, -0.1) is 11.3 Å². The minimum Gasteiger partial charge on any atom is -0.497 e. The van der Waals surface area contributed by atoms with Crippen LogP contribution in [0.2, 0.25) is 0 Å². The molecule has 3 aromatic carbocycles. The average Bonchev–Trinajstić information content (AvgIpc) is 3.46. The molecule has 4 aromatic rings. The van der Waals surface area contributed by atoms with Crippen LogP contribution in [0.1, 0.15) is 6.92 Å². The van der Waals surface area contributed by atoms with Crippen molar-refractivity contribution in [1.82, 2.24) is 4.98 Å². The standard InChI is InChI=1S/C24H19N5O5S2/c1-14-21(27-26-19-12-9-15-5-3-4-6-18(15)22(19)36(31,32)33)23(30)29(28-14)24-25-20(13-35-24)16-7-10-17(34-2)11-8-16/h3-13,21H,1-2H3,(H,31,32,33)/t21-/m1/s1. The average molecular weight is 522 g/mol. The molecule has 182 valence electrons. The van der Waals surface area contributed by atoms with Crippen molar-refractivity contribution in [1.29, 1.82) is 0 Å². The molecule has 1 N–H and O–H groups in total. The highest BCUT2D eigenvalue weighted by molar-refractivity contribution is 7.86. The van der Waals surface area contributed by atoms with Crippen LogP contribution >= 0.6 is 11.3 Å². The molecule has 0 aliphatic carbocycles. The number of methoxy groups -OCH3 is 1. The van der Waals surface area contributed by atoms with Gasteiger partial charge in [0.15, 0.2) is 6.04 Å². The van der Waals surface area contributed by atoms with E-state index in [9.17, 15) is 17.8 Å². The van der Waals surface area contributed by atoms with Gasteiger partial charge in [0.25, 0.3) is 16.0 Å². The lowest BCUT2D eigenvalue weighted by Crippen LogP contribution is -2.29. The van der Waals surface area contributed by atoms with Gasteiger partial charge in [-0.1, -0.05) is 30.3 Å². The molecule has 0 fully saturated rings. The summed E-state index contributed by atoms with van der Waals surface area (Å²) in [6.07, 6.45) is 0. The normalized spacial score (nSPS) is 16.2. The maximum absolute atomic E-state index is 13.1. The third-order valence-electron chi connectivity index (χ3n) is 5.55. The molecule has 0 saturated carbocycles. The number of aromatic nitrogens is 1. The number of rotatable bonds is 6. The lowest BCUT2D eigenvalue weighted by Gasteiger charge is -2.09. The summed E-state index contributed by atoms with van der Waals surface area (Å²) >= 11 is 1.25. The number of ether oxygens (including phenoxy) is 1. The maximum atomic E-state index is 13.1. The molecular formula is C24H19N5O5S2. The van der Waals surface area contributed by atoms with Crippen LogP contribution in [0, 0.1) is 0 Å². The second kappa shape index (κ2) is 9.22. The first kappa shape index (κ1) is 23.7. The summed E-state index contributed by atoms with van der Waals surface area (Å²) in [5.41, 5.74) is 1.83. The van der Waals surface area contributed by atoms with Crippen LogP contribution in [0.25, 0.3) is 22.0 Å². The highest BCUT2D eigenvalue weighted by Gasteiger charge is 2.36. The highest BCUT2D eigenvalue weighted by Crippen LogP contribution is 2.34. The minimum absolute atomic E-state index is 0.0775. The first-order chi connectivity index (χ1) is 17.3. The van der Waals surface area contributed by atoms with E-state index in [1.165, 1.54) is 22.4 Å². The van der Waals surface area contributed by atoms with Gasteiger partial charge < -0.3 is 4.74 Å². The lowest BCUT2D eigenvalue weighted by molar-refractivity contribution is -0.117. The predicted octanol–water partition coefficient (Wildman–Crippen LogP) is 5.09. The molecule has 0 saturated heterocycles. The maximum Gasteiger partial charge on any atom is 0.297 e. The van der Waals surface area contributed by atoms with Crippen LogP contribution in [0.3, 0.4) is 0 Å². The third-order valence-corrected chi connectivity index (χ3v) is 7.31. The van der Waals surface area contributed by atoms with E-state index in [1.54, 1.807) is 44.4 Å². The van der Waals surface area contributed by atoms with Crippen molar-refractivity contribution in [3.63, 3.8) is 0 Å². The van der Waals surface area contributed by atoms with Gasteiger partial charge in [0.1, 0.15) is 16.3 Å². The van der Waals surface area contributed by atoms with E-state index in [0.717, 1.165) is 11.3 Å². The Hall–Kier alpha value is -4.00. The van der Waals surface area contributed by atoms with Gasteiger partial charge in [0, 0.05) is 16.3 Å². The largest absolute Gasteiger partial charge is 0.497 e. The van der Waals surface area contributed by atoms with Gasteiger partial charge in [-0.3, -0.25) is 9.35 Å². The molecule has 36 heavy (non-hydrogen) atoms. The van der Waals surface area contributed by atoms with Gasteiger partial charge in [-0.2, -0.15) is 28.8 Å². The van der Waals surface area contributed by atoms with E-state index in [1.807, 2.05) is 29.6 Å². The van der Waals surface area contributed by atoms with Gasteiger partial charge in [-0.25, -0.2) is 4.98 Å². The highest BCUT2D eigenvalue weighted by atomic mass is 32.2. The van der Waals surface area contributed by atoms with Crippen molar-refractivity contribution in [3.05, 3.63) is 66.0 Å². The smallest absolute Gasteiger partial charge is 0.297 e. The number of fused-ring (bicyclic) bond motifs is 1. The number of benzene rings is 3. The molecule has 1 atom stereocenters. The zero-order valence-corrected chi connectivity index (χ0v) is 20.7. The fourth-order valence-electron chi connectivity index (χ4n) is 3.78.